The molecular formula is C13H17Hf. The van der Waals surface area contributed by atoms with Gasteiger partial charge in [-0.1, -0.05) is 0 Å². The molecule has 0 saturated heterocycles. The first-order valence-corrected chi connectivity index (χ1v) is 14.3. The molecule has 0 aromatic heterocycles. The number of hydrogen-bond acceptors (Lipinski definition) is 0. The van der Waals surface area contributed by atoms with Crippen molar-refractivity contribution < 1.29 is 21.4 Å². The van der Waals surface area contributed by atoms with Crippen LogP contribution in [0.4, 0.5) is 0 Å². The molecular weight excluding hydrogens is 335 g/mol. The van der Waals surface area contributed by atoms with Crippen molar-refractivity contribution in [1.82, 2.24) is 0 Å². The van der Waals surface area contributed by atoms with Gasteiger partial charge in [-0.15, -0.1) is 0 Å². The predicted molar refractivity (Wildman–Crippen MR) is 59.2 cm³/mol. The van der Waals surface area contributed by atoms with E-state index in [4.69, 9.17) is 0 Å². The quantitative estimate of drug-likeness (QED) is 0.706. The first-order chi connectivity index (χ1) is 6.70. The van der Waals surface area contributed by atoms with Crippen molar-refractivity contribution in [3.8, 4) is 0 Å². The van der Waals surface area contributed by atoms with E-state index in [-0.39, 0.29) is 0 Å². The topological polar surface area (TPSA) is 0 Å². The fourth-order valence-electron chi connectivity index (χ4n) is 2.47. The molecule has 1 aromatic carbocycles. The van der Waals surface area contributed by atoms with Crippen molar-refractivity contribution in [1.29, 1.82) is 0 Å². The van der Waals surface area contributed by atoms with Crippen molar-refractivity contribution in [2.45, 2.75) is 25.9 Å². The molecule has 0 saturated carbocycles. The van der Waals surface area contributed by atoms with Crippen LogP contribution in [-0.2, 0) is 24.6 Å². The average molecular weight is 352 g/mol. The van der Waals surface area contributed by atoms with Crippen LogP contribution in [0, 0.1) is 0 Å². The molecule has 1 aliphatic rings. The summed E-state index contributed by atoms with van der Waals surface area (Å²) in [5.41, 5.74) is 3.07. The molecule has 0 N–H and O–H groups in total. The summed E-state index contributed by atoms with van der Waals surface area (Å²) in [6.45, 7) is 2.34. The summed E-state index contributed by atoms with van der Waals surface area (Å²) in [5.74, 6) is 0. The van der Waals surface area contributed by atoms with Gasteiger partial charge in [0.05, 0.1) is 0 Å². The Kier molecular flexibility index (Phi) is 2.79. The van der Waals surface area contributed by atoms with Gasteiger partial charge in [0.15, 0.2) is 0 Å². The van der Waals surface area contributed by atoms with Crippen LogP contribution in [0.2, 0.25) is 9.36 Å². The second-order valence-corrected chi connectivity index (χ2v) is 14.6. The van der Waals surface area contributed by atoms with Crippen LogP contribution >= 0.6 is 0 Å². The van der Waals surface area contributed by atoms with E-state index >= 15 is 0 Å². The fourth-order valence-corrected chi connectivity index (χ4v) is 9.26. The Morgan fingerprint density at radius 3 is 2.57 bits per heavy atom. The molecule has 2 rings (SSSR count). The maximum absolute atomic E-state index is 2.53. The Bertz CT molecular complexity index is 365. The van der Waals surface area contributed by atoms with E-state index in [9.17, 15) is 0 Å². The number of allylic oxidation sites excluding steroid dienone is 1. The minimum atomic E-state index is -1.41. The van der Waals surface area contributed by atoms with Crippen molar-refractivity contribution in [3.05, 3.63) is 41.5 Å². The van der Waals surface area contributed by atoms with Crippen LogP contribution in [0.15, 0.2) is 30.3 Å². The van der Waals surface area contributed by atoms with Crippen LogP contribution in [0.25, 0.3) is 6.08 Å². The maximum atomic E-state index is 2.53. The minimum absolute atomic E-state index is 0.501. The van der Waals surface area contributed by atoms with Crippen LogP contribution in [-0.4, -0.2) is 0 Å². The van der Waals surface area contributed by atoms with Gasteiger partial charge < -0.3 is 0 Å². The SMILES string of the molecule is CC[C]1([Hf]([CH3])[CH3])C=Cc2ccccc21. The van der Waals surface area contributed by atoms with Crippen LogP contribution in [0.1, 0.15) is 24.5 Å². The van der Waals surface area contributed by atoms with Gasteiger partial charge in [-0.05, 0) is 0 Å². The summed E-state index contributed by atoms with van der Waals surface area (Å²) in [4.78, 5) is 0. The molecule has 0 spiro atoms. The number of hydrogen-bond donors (Lipinski definition) is 0. The third-order valence-electron chi connectivity index (χ3n) is 3.44. The van der Waals surface area contributed by atoms with Crippen molar-refractivity contribution >= 4 is 6.08 Å². The van der Waals surface area contributed by atoms with Gasteiger partial charge in [-0.3, -0.25) is 0 Å². The van der Waals surface area contributed by atoms with Crippen molar-refractivity contribution in [2.75, 3.05) is 0 Å². The molecule has 1 aromatic rings. The molecule has 0 fully saturated rings. The zero-order chi connectivity index (χ0) is 10.2. The molecule has 0 nitrogen and oxygen atoms in total. The third-order valence-corrected chi connectivity index (χ3v) is 12.7. The first kappa shape index (κ1) is 10.4. The van der Waals surface area contributed by atoms with Crippen LogP contribution < -0.4 is 0 Å². The van der Waals surface area contributed by atoms with E-state index in [1.165, 1.54) is 12.0 Å². The monoisotopic (exact) mass is 353 g/mol. The zero-order valence-electron chi connectivity index (χ0n) is 9.17. The van der Waals surface area contributed by atoms with Gasteiger partial charge in [0.1, 0.15) is 0 Å². The summed E-state index contributed by atoms with van der Waals surface area (Å²) in [7, 11) is 0. The average Bonchev–Trinajstić information content (AvgIpc) is 2.57. The molecule has 1 atom stereocenters. The molecule has 1 heteroatoms. The van der Waals surface area contributed by atoms with Crippen molar-refractivity contribution in [3.63, 3.8) is 0 Å². The van der Waals surface area contributed by atoms with Gasteiger partial charge >= 0.3 is 94.9 Å². The molecule has 0 radical (unpaired) electrons. The Hall–Kier alpha value is -0.170. The molecule has 1 aliphatic carbocycles. The second kappa shape index (κ2) is 3.77. The fraction of sp³-hybridized carbons (Fsp3) is 0.385. The summed E-state index contributed by atoms with van der Waals surface area (Å²) < 4.78 is 5.56. The Morgan fingerprint density at radius 2 is 1.93 bits per heavy atom. The second-order valence-electron chi connectivity index (χ2n) is 4.25. The van der Waals surface area contributed by atoms with E-state index in [1.807, 2.05) is 0 Å². The Labute approximate surface area is 94.6 Å². The van der Waals surface area contributed by atoms with E-state index in [1.54, 1.807) is 5.56 Å². The predicted octanol–water partition coefficient (Wildman–Crippen LogP) is 4.03. The van der Waals surface area contributed by atoms with Crippen LogP contribution in [0.3, 0.4) is 0 Å². The summed E-state index contributed by atoms with van der Waals surface area (Å²) in [5, 5.41) is 0. The molecule has 0 heterocycles. The summed E-state index contributed by atoms with van der Waals surface area (Å²) in [6, 6.07) is 8.91. The standard InChI is InChI=1S/C11H11.2CH3.Hf/c1-2-9-7-8-10-5-3-4-6-11(9)10;;;/h3-8H,2H2,1H3;2*1H3;. The zero-order valence-corrected chi connectivity index (χ0v) is 12.8. The molecule has 0 bridgehead atoms. The molecule has 0 aliphatic heterocycles. The van der Waals surface area contributed by atoms with E-state index in [0.717, 1.165) is 0 Å². The van der Waals surface area contributed by atoms with Gasteiger partial charge in [-0.25, -0.2) is 0 Å². The van der Waals surface area contributed by atoms with Gasteiger partial charge in [0.25, 0.3) is 0 Å². The normalized spacial score (nSPS) is 23.6. The first-order valence-electron chi connectivity index (χ1n) is 5.30. The molecule has 73 valence electrons. The van der Waals surface area contributed by atoms with Gasteiger partial charge in [0.2, 0.25) is 0 Å². The number of fused-ring (bicyclic) bond motifs is 1. The molecule has 1 unspecified atom stereocenters. The van der Waals surface area contributed by atoms with Gasteiger partial charge in [0, 0.05) is 0 Å². The Balaban J connectivity index is 2.55. The van der Waals surface area contributed by atoms with Crippen molar-refractivity contribution in [2.24, 2.45) is 0 Å². The number of benzene rings is 1. The Morgan fingerprint density at radius 1 is 1.21 bits per heavy atom. The molecule has 0 amide bonds. The van der Waals surface area contributed by atoms with E-state index in [2.05, 4.69) is 52.7 Å². The summed E-state index contributed by atoms with van der Waals surface area (Å²) in [6.07, 6.45) is 6.10. The number of rotatable bonds is 2. The van der Waals surface area contributed by atoms with Crippen LogP contribution in [0.5, 0.6) is 0 Å². The summed E-state index contributed by atoms with van der Waals surface area (Å²) >= 11 is -1.41. The third kappa shape index (κ3) is 1.37. The van der Waals surface area contributed by atoms with E-state index < -0.39 is 21.4 Å². The molecule has 14 heavy (non-hydrogen) atoms. The van der Waals surface area contributed by atoms with Gasteiger partial charge in [-0.2, -0.15) is 0 Å². The van der Waals surface area contributed by atoms with E-state index in [0.29, 0.717) is 3.17 Å².